The molecule has 6 unspecified atom stereocenters. The molecule has 81 heavy (non-hydrogen) atoms. The van der Waals surface area contributed by atoms with E-state index in [-0.39, 0.29) is 12.8 Å². The molecule has 2 aromatic heterocycles. The third-order valence-corrected chi connectivity index (χ3v) is 13.9. The average molecular weight is 1220 g/mol. The molecule has 0 aliphatic carbocycles. The number of nitrogens with one attached hydrogen (secondary N) is 2. The van der Waals surface area contributed by atoms with Gasteiger partial charge in [-0.3, -0.25) is 37.7 Å². The third-order valence-electron chi connectivity index (χ3n) is 11.0. The van der Waals surface area contributed by atoms with Gasteiger partial charge in [-0.2, -0.15) is 0 Å². The Bertz CT molecular complexity index is 2830. The van der Waals surface area contributed by atoms with Crippen molar-refractivity contribution >= 4 is 40.3 Å². The van der Waals surface area contributed by atoms with Crippen LogP contribution in [0, 0.1) is 0 Å². The molecule has 2 aliphatic rings. The fraction of sp³-hybridized carbons (Fsp3) is 0.721. The molecular weight excluding hydrogens is 1160 g/mol. The Kier molecular flexibility index (Phi) is 23.4. The lowest BCUT2D eigenvalue weighted by molar-refractivity contribution is -0.206. The maximum atomic E-state index is 16.1. The lowest BCUT2D eigenvalue weighted by Gasteiger charge is -2.32. The van der Waals surface area contributed by atoms with E-state index in [0.717, 1.165) is 45.3 Å². The molecule has 14 atom stereocenters. The van der Waals surface area contributed by atoms with Crippen LogP contribution >= 0.6 is 15.6 Å². The maximum absolute atomic E-state index is 16.1. The number of aliphatic hydroxyl groups excluding tert-OH is 2. The van der Waals surface area contributed by atoms with Gasteiger partial charge < -0.3 is 62.7 Å². The quantitative estimate of drug-likeness (QED) is 0.0351. The number of phosphoric ester groups is 2. The average Bonchev–Trinajstić information content (AvgIpc) is 3.64. The molecule has 0 aromatic carbocycles. The summed E-state index contributed by atoms with van der Waals surface area (Å²) < 4.78 is 156. The number of H-pyrrole nitrogens is 2. The summed E-state index contributed by atoms with van der Waals surface area (Å²) in [5.41, 5.74) is -12.4. The third kappa shape index (κ3) is 18.6. The van der Waals surface area contributed by atoms with Gasteiger partial charge >= 0.3 is 51.6 Å². The summed E-state index contributed by atoms with van der Waals surface area (Å²) in [6.45, 7) is 4.80. The highest BCUT2D eigenvalue weighted by Crippen LogP contribution is 2.56. The van der Waals surface area contributed by atoms with E-state index in [1.807, 2.05) is 4.98 Å². The number of hydrogen-bond acceptors (Lipinski definition) is 29. The van der Waals surface area contributed by atoms with Gasteiger partial charge in [0.2, 0.25) is 26.2 Å². The molecule has 4 heterocycles. The minimum atomic E-state index is -5.30. The van der Waals surface area contributed by atoms with Gasteiger partial charge in [-0.15, -0.1) is 0 Å². The molecular formula is C43H63F3N4O29P2. The van der Waals surface area contributed by atoms with Gasteiger partial charge in [-0.05, 0) is 82.1 Å². The highest BCUT2D eigenvalue weighted by Gasteiger charge is 2.66. The Balaban J connectivity index is 1.33. The summed E-state index contributed by atoms with van der Waals surface area (Å²) in [7, 11) is -10.6. The van der Waals surface area contributed by atoms with Gasteiger partial charge in [0.05, 0.1) is 18.8 Å². The standard InChI is InChI=1S/C43H63F3N4O29P2/c1-22(2)70-36(57)64-20-68-80(62,67-19-43(46)30(53)40(9,45)32(77-43)49-15-13-28(51)47-34(49)55)69-21-65-37(58)72-24(5)11-12-25(6)73-39(60)75-27(8)79-81(63,78-26(7)74-38(59)71-23(3)4)66-18-42(17-44)31(54)41(10,61)33(76-42)50-16-14-29(52)48-35(50)56/h13-16,22-27,30-33,53-54,61H,11-12,17-21H2,1-10H3,(H,47,51,55)(H,48,52,56)/t24?,25?,26?,27?,30-,31-,32+,33+,40+,41+,42+,43+,80?,81?/m0/s1. The monoisotopic (exact) mass is 1220 g/mol. The molecule has 2 aliphatic heterocycles. The van der Waals surface area contributed by atoms with Gasteiger partial charge in [0, 0.05) is 24.5 Å². The fourth-order valence-corrected chi connectivity index (χ4v) is 9.47. The molecule has 0 amide bonds. The Morgan fingerprint density at radius 1 is 0.630 bits per heavy atom. The summed E-state index contributed by atoms with van der Waals surface area (Å²) in [4.78, 5) is 101. The van der Waals surface area contributed by atoms with Crippen molar-refractivity contribution in [3.8, 4) is 0 Å². The lowest BCUT2D eigenvalue weighted by Crippen LogP contribution is -2.53. The Hall–Kier alpha value is -5.75. The van der Waals surface area contributed by atoms with Crippen molar-refractivity contribution in [2.45, 2.75) is 166 Å². The number of alkyl halides is 3. The van der Waals surface area contributed by atoms with Crippen molar-refractivity contribution in [3.05, 3.63) is 66.2 Å². The van der Waals surface area contributed by atoms with Crippen LogP contribution in [0.25, 0.3) is 0 Å². The van der Waals surface area contributed by atoms with E-state index in [1.165, 1.54) is 41.5 Å². The minimum absolute atomic E-state index is 0.0877. The molecule has 33 nitrogen and oxygen atoms in total. The summed E-state index contributed by atoms with van der Waals surface area (Å²) in [6, 6.07) is 1.64. The number of nitrogens with zero attached hydrogens (tertiary/aromatic N) is 2. The lowest BCUT2D eigenvalue weighted by atomic mass is 9.88. The first kappa shape index (κ1) is 67.8. The Labute approximate surface area is 456 Å². The van der Waals surface area contributed by atoms with Crippen LogP contribution in [0.4, 0.5) is 32.3 Å². The van der Waals surface area contributed by atoms with Crippen LogP contribution in [-0.2, 0) is 83.6 Å². The van der Waals surface area contributed by atoms with Gasteiger partial charge in [0.25, 0.3) is 17.0 Å². The number of carbonyl (C=O) groups is 4. The number of carbonyl (C=O) groups excluding carboxylic acids is 4. The van der Waals surface area contributed by atoms with Crippen molar-refractivity contribution in [3.63, 3.8) is 0 Å². The van der Waals surface area contributed by atoms with Crippen molar-refractivity contribution < 1.29 is 131 Å². The van der Waals surface area contributed by atoms with E-state index in [4.69, 9.17) is 69.8 Å². The molecule has 460 valence electrons. The van der Waals surface area contributed by atoms with Crippen LogP contribution in [0.2, 0.25) is 0 Å². The van der Waals surface area contributed by atoms with Crippen LogP contribution in [-0.4, -0.2) is 164 Å². The van der Waals surface area contributed by atoms with Gasteiger partial charge in [-0.1, -0.05) is 0 Å². The molecule has 2 saturated heterocycles. The highest BCUT2D eigenvalue weighted by atomic mass is 31.2. The molecule has 5 N–H and O–H groups in total. The van der Waals surface area contributed by atoms with E-state index in [2.05, 4.69) is 4.74 Å². The maximum Gasteiger partial charge on any atom is 0.510 e. The van der Waals surface area contributed by atoms with Gasteiger partial charge in [0.1, 0.15) is 37.2 Å². The zero-order valence-corrected chi connectivity index (χ0v) is 46.7. The second-order valence-electron chi connectivity index (χ2n) is 18.7. The van der Waals surface area contributed by atoms with Crippen LogP contribution in [0.3, 0.4) is 0 Å². The van der Waals surface area contributed by atoms with Gasteiger partial charge in [0.15, 0.2) is 29.8 Å². The fourth-order valence-electron chi connectivity index (χ4n) is 7.19. The normalized spacial score (nSPS) is 27.5. The molecule has 4 rings (SSSR count). The molecule has 0 bridgehead atoms. The van der Waals surface area contributed by atoms with Crippen LogP contribution in [0.15, 0.2) is 43.7 Å². The van der Waals surface area contributed by atoms with Crippen molar-refractivity contribution in [1.82, 2.24) is 19.1 Å². The number of hydrogen-bond donors (Lipinski definition) is 5. The Morgan fingerprint density at radius 3 is 1.53 bits per heavy atom. The predicted molar refractivity (Wildman–Crippen MR) is 256 cm³/mol. The van der Waals surface area contributed by atoms with Crippen LogP contribution in [0.1, 0.15) is 94.5 Å². The predicted octanol–water partition coefficient (Wildman–Crippen LogP) is 3.63. The number of aromatic amines is 2. The van der Waals surface area contributed by atoms with E-state index >= 15 is 8.78 Å². The summed E-state index contributed by atoms with van der Waals surface area (Å²) in [6.07, 6.45) is -20.7. The number of phosphoric acid groups is 2. The SMILES string of the molecule is CC(C)OC(=O)OCOP(=O)(OCOC(=O)OC(C)CCC(C)OC(=O)OC(C)OP(=O)(OC[C@@]1(CF)O[C@@H](n2ccc(=O)[nH]c2=O)[C@](C)(O)[C@@H]1O)OC(C)OC(=O)OC(C)C)OC[C@@]1(F)O[C@@H](n2ccc(=O)[nH]c2=O)[C@](C)(F)[C@@H]1O. The van der Waals surface area contributed by atoms with E-state index in [1.54, 1.807) is 4.98 Å². The first-order chi connectivity index (χ1) is 37.5. The molecule has 0 spiro atoms. The van der Waals surface area contributed by atoms with Crippen molar-refractivity contribution in [2.24, 2.45) is 0 Å². The minimum Gasteiger partial charge on any atom is -0.432 e. The number of aliphatic hydroxyl groups is 3. The molecule has 2 aromatic rings. The van der Waals surface area contributed by atoms with E-state index < -0.39 is 181 Å². The topological polar surface area (TPSA) is 421 Å². The molecule has 0 saturated carbocycles. The first-order valence-electron chi connectivity index (χ1n) is 24.1. The molecule has 38 heteroatoms. The van der Waals surface area contributed by atoms with Crippen LogP contribution < -0.4 is 22.5 Å². The summed E-state index contributed by atoms with van der Waals surface area (Å²) in [5, 5.41) is 32.9. The van der Waals surface area contributed by atoms with Crippen LogP contribution in [0.5, 0.6) is 0 Å². The van der Waals surface area contributed by atoms with Gasteiger partial charge in [-0.25, -0.2) is 69.2 Å². The smallest absolute Gasteiger partial charge is 0.432 e. The second-order valence-corrected chi connectivity index (χ2v) is 22.0. The van der Waals surface area contributed by atoms with Crippen molar-refractivity contribution in [2.75, 3.05) is 33.5 Å². The first-order valence-corrected chi connectivity index (χ1v) is 27.0. The molecule has 0 radical (unpaired) electrons. The number of aromatic nitrogens is 4. The Morgan fingerprint density at radius 2 is 1.06 bits per heavy atom. The zero-order chi connectivity index (χ0) is 61.1. The van der Waals surface area contributed by atoms with E-state index in [9.17, 15) is 67.2 Å². The van der Waals surface area contributed by atoms with Crippen molar-refractivity contribution in [1.29, 1.82) is 0 Å². The summed E-state index contributed by atoms with van der Waals surface area (Å²) >= 11 is 0. The number of halogens is 3. The number of ether oxygens (including phenoxy) is 10. The largest absolute Gasteiger partial charge is 0.510 e. The highest BCUT2D eigenvalue weighted by molar-refractivity contribution is 7.48. The molecule has 2 fully saturated rings. The van der Waals surface area contributed by atoms with E-state index in [0.29, 0.717) is 16.1 Å². The summed E-state index contributed by atoms with van der Waals surface area (Å²) in [5.74, 6) is -3.63. The zero-order valence-electron chi connectivity index (χ0n) is 44.9. The number of rotatable bonds is 28. The second kappa shape index (κ2) is 28.0.